The minimum Gasteiger partial charge on any atom is -0.382 e. The first kappa shape index (κ1) is 14.7. The molecule has 1 aromatic rings. The van der Waals surface area contributed by atoms with E-state index < -0.39 is 5.60 Å². The Morgan fingerprint density at radius 1 is 1.60 bits per heavy atom. The monoisotopic (exact) mass is 280 g/mol. The van der Waals surface area contributed by atoms with Gasteiger partial charge in [0.25, 0.3) is 5.91 Å². The molecule has 0 bridgehead atoms. The van der Waals surface area contributed by atoms with E-state index >= 15 is 0 Å². The maximum absolute atomic E-state index is 12.5. The van der Waals surface area contributed by atoms with Gasteiger partial charge in [0.1, 0.15) is 0 Å². The summed E-state index contributed by atoms with van der Waals surface area (Å²) in [4.78, 5) is 28.0. The molecule has 0 saturated carbocycles. The van der Waals surface area contributed by atoms with Crippen LogP contribution in [0.3, 0.4) is 0 Å². The molecule has 2 rings (SSSR count). The van der Waals surface area contributed by atoms with Crippen molar-refractivity contribution in [2.24, 2.45) is 0 Å². The Bertz CT molecular complexity index is 538. The zero-order chi connectivity index (χ0) is 14.8. The number of aromatic nitrogens is 1. The van der Waals surface area contributed by atoms with E-state index in [2.05, 4.69) is 4.98 Å². The van der Waals surface area contributed by atoms with Gasteiger partial charge in [-0.3, -0.25) is 9.59 Å². The van der Waals surface area contributed by atoms with E-state index in [9.17, 15) is 9.59 Å². The first-order valence-electron chi connectivity index (χ1n) is 6.56. The molecule has 1 atom stereocenters. The summed E-state index contributed by atoms with van der Waals surface area (Å²) >= 11 is 0. The number of rotatable bonds is 3. The van der Waals surface area contributed by atoms with Gasteiger partial charge in [-0.2, -0.15) is 0 Å². The lowest BCUT2D eigenvalue weighted by Crippen LogP contribution is -2.55. The van der Waals surface area contributed by atoms with Crippen LogP contribution in [0, 0.1) is 0 Å². The Balaban J connectivity index is 2.18. The van der Waals surface area contributed by atoms with Gasteiger partial charge >= 0.3 is 0 Å². The Hall–Kier alpha value is -1.66. The fraction of sp³-hybridized carbons (Fsp3) is 0.571. The molecule has 1 N–H and O–H groups in total. The highest BCUT2D eigenvalue weighted by Crippen LogP contribution is 2.22. The van der Waals surface area contributed by atoms with Gasteiger partial charge in [0.15, 0.2) is 0 Å². The normalized spacial score (nSPS) is 21.8. The second-order valence-electron chi connectivity index (χ2n) is 5.58. The van der Waals surface area contributed by atoms with Gasteiger partial charge in [0, 0.05) is 38.0 Å². The lowest BCUT2D eigenvalue weighted by molar-refractivity contribution is -0.143. The summed E-state index contributed by atoms with van der Waals surface area (Å²) in [6, 6.07) is 2.92. The Kier molecular flexibility index (Phi) is 4.25. The summed E-state index contributed by atoms with van der Waals surface area (Å²) in [7, 11) is 1.61. The molecule has 20 heavy (non-hydrogen) atoms. The van der Waals surface area contributed by atoms with Gasteiger partial charge in [0.05, 0.1) is 18.3 Å². The number of nitrogens with zero attached hydrogens (tertiary/aromatic N) is 1. The number of carbonyl (C=O) groups is 1. The highest BCUT2D eigenvalue weighted by Gasteiger charge is 2.35. The second-order valence-corrected chi connectivity index (χ2v) is 5.58. The van der Waals surface area contributed by atoms with Crippen LogP contribution in [0.2, 0.25) is 0 Å². The summed E-state index contributed by atoms with van der Waals surface area (Å²) in [6.07, 6.45) is 1.32. The number of methoxy groups -OCH3 is 1. The number of hydrogen-bond acceptors (Lipinski definition) is 4. The summed E-state index contributed by atoms with van der Waals surface area (Å²) in [5.74, 6) is -0.159. The van der Waals surface area contributed by atoms with Crippen LogP contribution in [0.1, 0.15) is 24.2 Å². The molecule has 1 saturated heterocycles. The number of hydrogen-bond donors (Lipinski definition) is 1. The van der Waals surface area contributed by atoms with Crippen molar-refractivity contribution in [1.29, 1.82) is 0 Å². The van der Waals surface area contributed by atoms with E-state index in [4.69, 9.17) is 9.47 Å². The molecule has 2 heterocycles. The molecule has 1 unspecified atom stereocenters. The molecule has 1 aromatic heterocycles. The first-order valence-corrected chi connectivity index (χ1v) is 6.56. The zero-order valence-corrected chi connectivity index (χ0v) is 12.0. The molecular weight excluding hydrogens is 260 g/mol. The molecule has 0 spiro atoms. The molecular formula is C14H20N2O4. The van der Waals surface area contributed by atoms with Crippen LogP contribution in [0.4, 0.5) is 0 Å². The van der Waals surface area contributed by atoms with E-state index in [0.29, 0.717) is 25.3 Å². The smallest absolute Gasteiger partial charge is 0.254 e. The molecule has 1 aliphatic heterocycles. The molecule has 1 aliphatic rings. The SMILES string of the molecule is COCC1CN(C(=O)c2cc[nH]c(=O)c2)CC(C)(C)O1. The molecule has 1 amide bonds. The number of H-pyrrole nitrogens is 1. The predicted molar refractivity (Wildman–Crippen MR) is 73.8 cm³/mol. The van der Waals surface area contributed by atoms with Crippen LogP contribution in [-0.4, -0.2) is 54.3 Å². The molecule has 110 valence electrons. The van der Waals surface area contributed by atoms with Crippen molar-refractivity contribution >= 4 is 5.91 Å². The van der Waals surface area contributed by atoms with Crippen molar-refractivity contribution in [3.63, 3.8) is 0 Å². The Morgan fingerprint density at radius 3 is 3.00 bits per heavy atom. The highest BCUT2D eigenvalue weighted by molar-refractivity contribution is 5.94. The molecule has 0 radical (unpaired) electrons. The van der Waals surface area contributed by atoms with E-state index in [1.165, 1.54) is 12.3 Å². The van der Waals surface area contributed by atoms with Crippen LogP contribution in [-0.2, 0) is 9.47 Å². The fourth-order valence-electron chi connectivity index (χ4n) is 2.48. The van der Waals surface area contributed by atoms with Crippen LogP contribution in [0.25, 0.3) is 0 Å². The van der Waals surface area contributed by atoms with Crippen LogP contribution < -0.4 is 5.56 Å². The lowest BCUT2D eigenvalue weighted by atomic mass is 10.0. The van der Waals surface area contributed by atoms with Crippen molar-refractivity contribution in [2.45, 2.75) is 25.6 Å². The average Bonchev–Trinajstić information content (AvgIpc) is 2.36. The molecule has 6 nitrogen and oxygen atoms in total. The van der Waals surface area contributed by atoms with Crippen LogP contribution >= 0.6 is 0 Å². The van der Waals surface area contributed by atoms with E-state index in [1.54, 1.807) is 18.1 Å². The van der Waals surface area contributed by atoms with Crippen molar-refractivity contribution in [3.05, 3.63) is 34.2 Å². The third-order valence-corrected chi connectivity index (χ3v) is 3.14. The topological polar surface area (TPSA) is 71.6 Å². The highest BCUT2D eigenvalue weighted by atomic mass is 16.5. The zero-order valence-electron chi connectivity index (χ0n) is 12.0. The van der Waals surface area contributed by atoms with Crippen LogP contribution in [0.5, 0.6) is 0 Å². The van der Waals surface area contributed by atoms with Gasteiger partial charge in [-0.25, -0.2) is 0 Å². The van der Waals surface area contributed by atoms with Crippen LogP contribution in [0.15, 0.2) is 23.1 Å². The molecule has 0 aliphatic carbocycles. The number of morpholine rings is 1. The third-order valence-electron chi connectivity index (χ3n) is 3.14. The first-order chi connectivity index (χ1) is 9.41. The number of amides is 1. The standard InChI is InChI=1S/C14H20N2O4/c1-14(2)9-16(7-11(20-14)8-19-3)13(18)10-4-5-15-12(17)6-10/h4-6,11H,7-9H2,1-3H3,(H,15,17). The molecule has 6 heteroatoms. The average molecular weight is 280 g/mol. The third kappa shape index (κ3) is 3.46. The lowest BCUT2D eigenvalue weighted by Gasteiger charge is -2.42. The van der Waals surface area contributed by atoms with Crippen molar-refractivity contribution in [1.82, 2.24) is 9.88 Å². The largest absolute Gasteiger partial charge is 0.382 e. The number of aromatic amines is 1. The van der Waals surface area contributed by atoms with E-state index in [-0.39, 0.29) is 17.6 Å². The number of ether oxygens (including phenoxy) is 2. The van der Waals surface area contributed by atoms with Crippen molar-refractivity contribution < 1.29 is 14.3 Å². The van der Waals surface area contributed by atoms with E-state index in [1.807, 2.05) is 13.8 Å². The summed E-state index contributed by atoms with van der Waals surface area (Å²) in [6.45, 7) is 5.25. The number of nitrogens with one attached hydrogen (secondary N) is 1. The van der Waals surface area contributed by atoms with Gasteiger partial charge < -0.3 is 19.4 Å². The van der Waals surface area contributed by atoms with Gasteiger partial charge in [-0.05, 0) is 19.9 Å². The minimum atomic E-state index is -0.432. The molecule has 1 fully saturated rings. The maximum Gasteiger partial charge on any atom is 0.254 e. The summed E-state index contributed by atoms with van der Waals surface area (Å²) in [5.41, 5.74) is -0.322. The predicted octanol–water partition coefficient (Wildman–Crippen LogP) is 0.641. The van der Waals surface area contributed by atoms with E-state index in [0.717, 1.165) is 0 Å². The quantitative estimate of drug-likeness (QED) is 0.882. The minimum absolute atomic E-state index is 0.158. The molecule has 0 aromatic carbocycles. The van der Waals surface area contributed by atoms with Crippen molar-refractivity contribution in [2.75, 3.05) is 26.8 Å². The Morgan fingerprint density at radius 2 is 2.35 bits per heavy atom. The number of pyridine rings is 1. The second kappa shape index (κ2) is 5.76. The van der Waals surface area contributed by atoms with Gasteiger partial charge in [-0.15, -0.1) is 0 Å². The maximum atomic E-state index is 12.5. The fourth-order valence-corrected chi connectivity index (χ4v) is 2.48. The van der Waals surface area contributed by atoms with Crippen molar-refractivity contribution in [3.8, 4) is 0 Å². The summed E-state index contributed by atoms with van der Waals surface area (Å²) in [5, 5.41) is 0. The van der Waals surface area contributed by atoms with Gasteiger partial charge in [0.2, 0.25) is 5.56 Å². The summed E-state index contributed by atoms with van der Waals surface area (Å²) < 4.78 is 11.0. The number of carbonyl (C=O) groups excluding carboxylic acids is 1. The Labute approximate surface area is 117 Å². The van der Waals surface area contributed by atoms with Gasteiger partial charge in [-0.1, -0.05) is 0 Å².